The average Bonchev–Trinajstić information content (AvgIpc) is 2.79. The lowest BCUT2D eigenvalue weighted by atomic mass is 10.0. The number of phenolic OH excluding ortho intramolecular Hbond substituents is 1. The molecule has 0 saturated heterocycles. The van der Waals surface area contributed by atoms with Crippen molar-refractivity contribution in [2.75, 3.05) is 26.7 Å². The minimum absolute atomic E-state index is 0.172. The van der Waals surface area contributed by atoms with Gasteiger partial charge in [0.05, 0.1) is 7.11 Å². The normalized spacial score (nSPS) is 11.8. The van der Waals surface area contributed by atoms with Crippen LogP contribution >= 0.6 is 0 Å². The quantitative estimate of drug-likeness (QED) is 0.284. The summed E-state index contributed by atoms with van der Waals surface area (Å²) in [6.45, 7) is 6.62. The van der Waals surface area contributed by atoms with Crippen LogP contribution in [0.4, 0.5) is 4.79 Å². The number of nitrogens with zero attached hydrogens (tertiary/aromatic N) is 1. The predicted octanol–water partition coefficient (Wildman–Crippen LogP) is 3.05. The predicted molar refractivity (Wildman–Crippen MR) is 131 cm³/mol. The summed E-state index contributed by atoms with van der Waals surface area (Å²) in [5.74, 6) is -2.02. The molecule has 1 unspecified atom stereocenters. The molecule has 1 rings (SSSR count). The van der Waals surface area contributed by atoms with E-state index < -0.39 is 48.6 Å². The van der Waals surface area contributed by atoms with Gasteiger partial charge in [-0.05, 0) is 33.3 Å². The second kappa shape index (κ2) is 14.9. The number of nitrogens with one attached hydrogen (secondary N) is 2. The first-order valence-electron chi connectivity index (χ1n) is 11.9. The molecule has 0 bridgehead atoms. The Balaban J connectivity index is 3.19. The van der Waals surface area contributed by atoms with Crippen LogP contribution in [0.5, 0.6) is 5.75 Å². The molecule has 0 aromatic heterocycles. The Morgan fingerprint density at radius 3 is 2.26 bits per heavy atom. The maximum atomic E-state index is 13.3. The number of esters is 1. The van der Waals surface area contributed by atoms with Crippen LogP contribution in [0.25, 0.3) is 0 Å². The van der Waals surface area contributed by atoms with Gasteiger partial charge in [-0.25, -0.2) is 4.79 Å². The van der Waals surface area contributed by atoms with Crippen molar-refractivity contribution in [3.05, 3.63) is 29.8 Å². The molecule has 0 fully saturated rings. The third-order valence-electron chi connectivity index (χ3n) is 5.03. The smallest absolute Gasteiger partial charge is 0.408 e. The zero-order valence-electron chi connectivity index (χ0n) is 21.4. The first-order valence-corrected chi connectivity index (χ1v) is 11.9. The molecule has 1 aromatic carbocycles. The van der Waals surface area contributed by atoms with Gasteiger partial charge in [-0.3, -0.25) is 14.4 Å². The van der Waals surface area contributed by atoms with Gasteiger partial charge in [-0.2, -0.15) is 0 Å². The second-order valence-electron chi connectivity index (χ2n) is 9.11. The number of para-hydroxylation sites is 1. The molecule has 0 aliphatic heterocycles. The minimum Gasteiger partial charge on any atom is -0.508 e. The lowest BCUT2D eigenvalue weighted by molar-refractivity contribution is -0.143. The first kappa shape index (κ1) is 29.7. The van der Waals surface area contributed by atoms with Crippen molar-refractivity contribution in [2.24, 2.45) is 0 Å². The van der Waals surface area contributed by atoms with Crippen LogP contribution in [0.1, 0.15) is 71.4 Å². The Bertz CT molecular complexity index is 852. The number of phenols is 1. The number of carbonyl (C=O) groups is 4. The highest BCUT2D eigenvalue weighted by Gasteiger charge is 2.33. The maximum Gasteiger partial charge on any atom is 0.408 e. The molecule has 0 saturated carbocycles. The molecule has 0 radical (unpaired) electrons. The van der Waals surface area contributed by atoms with Crippen molar-refractivity contribution < 1.29 is 33.8 Å². The third kappa shape index (κ3) is 11.1. The number of aromatic hydroxyl groups is 1. The van der Waals surface area contributed by atoms with Crippen molar-refractivity contribution in [1.29, 1.82) is 0 Å². The summed E-state index contributed by atoms with van der Waals surface area (Å²) in [6, 6.07) is 4.97. The Morgan fingerprint density at radius 2 is 1.66 bits per heavy atom. The molecule has 1 atom stereocenters. The summed E-state index contributed by atoms with van der Waals surface area (Å²) in [4.78, 5) is 51.4. The fourth-order valence-corrected chi connectivity index (χ4v) is 3.34. The highest BCUT2D eigenvalue weighted by Crippen LogP contribution is 2.29. The van der Waals surface area contributed by atoms with E-state index in [1.807, 2.05) is 0 Å². The molecule has 196 valence electrons. The van der Waals surface area contributed by atoms with E-state index in [0.717, 1.165) is 25.7 Å². The van der Waals surface area contributed by atoms with E-state index in [0.29, 0.717) is 6.42 Å². The van der Waals surface area contributed by atoms with Crippen LogP contribution in [0.2, 0.25) is 0 Å². The first-order chi connectivity index (χ1) is 16.5. The summed E-state index contributed by atoms with van der Waals surface area (Å²) >= 11 is 0. The minimum atomic E-state index is -1.22. The zero-order chi connectivity index (χ0) is 26.4. The standard InChI is InChI=1S/C25H39N3O7/c1-6-7-8-9-12-15-28(20(30)16-27-24(33)35-25(2,3)4)22(18-13-10-11-14-19(18)29)23(32)26-17-21(31)34-5/h10-11,13-14,22,29H,6-9,12,15-17H2,1-5H3,(H,26,32)(H,27,33). The van der Waals surface area contributed by atoms with Crippen LogP contribution in [0, 0.1) is 0 Å². The van der Waals surface area contributed by atoms with Gasteiger partial charge in [-0.15, -0.1) is 0 Å². The fourth-order valence-electron chi connectivity index (χ4n) is 3.34. The number of unbranched alkanes of at least 4 members (excludes halogenated alkanes) is 4. The molecule has 0 spiro atoms. The van der Waals surface area contributed by atoms with Crippen molar-refractivity contribution in [2.45, 2.75) is 71.4 Å². The van der Waals surface area contributed by atoms with Gasteiger partial charge >= 0.3 is 12.1 Å². The second-order valence-corrected chi connectivity index (χ2v) is 9.11. The number of rotatable bonds is 13. The number of hydrogen-bond acceptors (Lipinski definition) is 7. The molecule has 3 amide bonds. The molecule has 1 aromatic rings. The van der Waals surface area contributed by atoms with E-state index in [1.165, 1.54) is 24.1 Å². The monoisotopic (exact) mass is 493 g/mol. The van der Waals surface area contributed by atoms with Gasteiger partial charge in [0.15, 0.2) is 0 Å². The van der Waals surface area contributed by atoms with Gasteiger partial charge < -0.3 is 30.1 Å². The van der Waals surface area contributed by atoms with Gasteiger partial charge in [0.25, 0.3) is 0 Å². The molecule has 10 heteroatoms. The van der Waals surface area contributed by atoms with E-state index in [2.05, 4.69) is 22.3 Å². The lowest BCUT2D eigenvalue weighted by Crippen LogP contribution is -2.48. The molecule has 10 nitrogen and oxygen atoms in total. The Hall–Kier alpha value is -3.30. The number of carbonyl (C=O) groups excluding carboxylic acids is 4. The SMILES string of the molecule is CCCCCCCN(C(=O)CNC(=O)OC(C)(C)C)C(C(=O)NCC(=O)OC)c1ccccc1O. The molecule has 35 heavy (non-hydrogen) atoms. The van der Waals surface area contributed by atoms with E-state index in [-0.39, 0.29) is 17.9 Å². The largest absolute Gasteiger partial charge is 0.508 e. The highest BCUT2D eigenvalue weighted by molar-refractivity contribution is 5.92. The van der Waals surface area contributed by atoms with Crippen LogP contribution in [-0.4, -0.2) is 66.2 Å². The van der Waals surface area contributed by atoms with Gasteiger partial charge in [0.1, 0.15) is 30.5 Å². The molecule has 3 N–H and O–H groups in total. The number of amides is 3. The van der Waals surface area contributed by atoms with E-state index in [9.17, 15) is 24.3 Å². The van der Waals surface area contributed by atoms with Crippen molar-refractivity contribution in [3.8, 4) is 5.75 Å². The van der Waals surface area contributed by atoms with E-state index >= 15 is 0 Å². The van der Waals surface area contributed by atoms with E-state index in [1.54, 1.807) is 32.9 Å². The Morgan fingerprint density at radius 1 is 1.00 bits per heavy atom. The van der Waals surface area contributed by atoms with Crippen LogP contribution < -0.4 is 10.6 Å². The van der Waals surface area contributed by atoms with Crippen molar-refractivity contribution in [1.82, 2.24) is 15.5 Å². The van der Waals surface area contributed by atoms with E-state index in [4.69, 9.17) is 4.74 Å². The topological polar surface area (TPSA) is 134 Å². The molecular formula is C25H39N3O7. The number of benzene rings is 1. The Labute approximate surface area is 207 Å². The fraction of sp³-hybridized carbons (Fsp3) is 0.600. The summed E-state index contributed by atoms with van der Waals surface area (Å²) in [6.07, 6.45) is 3.78. The van der Waals surface area contributed by atoms with Crippen molar-refractivity contribution in [3.63, 3.8) is 0 Å². The molecule has 0 aliphatic rings. The number of alkyl carbamates (subject to hydrolysis) is 1. The number of methoxy groups -OCH3 is 1. The maximum absolute atomic E-state index is 13.3. The summed E-state index contributed by atoms with van der Waals surface area (Å²) in [5, 5.41) is 15.4. The van der Waals surface area contributed by atoms with Crippen LogP contribution in [0.15, 0.2) is 24.3 Å². The molecule has 0 aliphatic carbocycles. The van der Waals surface area contributed by atoms with Gasteiger partial charge in [0.2, 0.25) is 11.8 Å². The third-order valence-corrected chi connectivity index (χ3v) is 5.03. The van der Waals surface area contributed by atoms with Crippen LogP contribution in [0.3, 0.4) is 0 Å². The lowest BCUT2D eigenvalue weighted by Gasteiger charge is -2.32. The summed E-state index contributed by atoms with van der Waals surface area (Å²) in [5.41, 5.74) is -0.535. The Kier molecular flexibility index (Phi) is 12.6. The molecule has 0 heterocycles. The van der Waals surface area contributed by atoms with Crippen LogP contribution in [-0.2, 0) is 23.9 Å². The average molecular weight is 494 g/mol. The summed E-state index contributed by atoms with van der Waals surface area (Å²) in [7, 11) is 1.20. The highest BCUT2D eigenvalue weighted by atomic mass is 16.6. The van der Waals surface area contributed by atoms with Gasteiger partial charge in [-0.1, -0.05) is 50.8 Å². The van der Waals surface area contributed by atoms with Crippen molar-refractivity contribution >= 4 is 23.9 Å². The van der Waals surface area contributed by atoms with Gasteiger partial charge in [0, 0.05) is 12.1 Å². The zero-order valence-corrected chi connectivity index (χ0v) is 21.4. The molecular weight excluding hydrogens is 454 g/mol. The number of ether oxygens (including phenoxy) is 2. The number of hydrogen-bond donors (Lipinski definition) is 3. The summed E-state index contributed by atoms with van der Waals surface area (Å²) < 4.78 is 9.77.